The minimum absolute atomic E-state index is 0.808. The normalized spacial score (nSPS) is 10.1. The first kappa shape index (κ1) is 9.99. The Bertz CT molecular complexity index is 437. The van der Waals surface area contributed by atoms with Gasteiger partial charge in [0.1, 0.15) is 0 Å². The van der Waals surface area contributed by atoms with Crippen molar-refractivity contribution in [3.8, 4) is 11.1 Å². The van der Waals surface area contributed by atoms with Gasteiger partial charge in [0.05, 0.1) is 0 Å². The lowest BCUT2D eigenvalue weighted by molar-refractivity contribution is 1.59. The predicted octanol–water partition coefficient (Wildman–Crippen LogP) is 4.61. The standard InChI is InChI=1S/C12H8ClI/c13-12-8-10(14)6-7-11(12)9-4-2-1-3-5-9/h1-8H. The molecule has 0 aliphatic carbocycles. The summed E-state index contributed by atoms with van der Waals surface area (Å²) in [6.07, 6.45) is 0. The maximum atomic E-state index is 6.16. The zero-order valence-electron chi connectivity index (χ0n) is 7.37. The molecule has 0 atom stereocenters. The monoisotopic (exact) mass is 314 g/mol. The molecule has 2 rings (SSSR count). The lowest BCUT2D eigenvalue weighted by Gasteiger charge is -2.04. The topological polar surface area (TPSA) is 0 Å². The van der Waals surface area contributed by atoms with Crippen molar-refractivity contribution in [2.45, 2.75) is 0 Å². The van der Waals surface area contributed by atoms with Crippen molar-refractivity contribution >= 4 is 34.2 Å². The third-order valence-electron chi connectivity index (χ3n) is 2.02. The Morgan fingerprint density at radius 1 is 0.929 bits per heavy atom. The van der Waals surface area contributed by atoms with Gasteiger partial charge in [0.15, 0.2) is 0 Å². The van der Waals surface area contributed by atoms with E-state index in [0.29, 0.717) is 0 Å². The van der Waals surface area contributed by atoms with Crippen LogP contribution in [0.15, 0.2) is 48.5 Å². The van der Waals surface area contributed by atoms with Gasteiger partial charge in [-0.15, -0.1) is 0 Å². The molecule has 2 aromatic rings. The highest BCUT2D eigenvalue weighted by molar-refractivity contribution is 14.1. The lowest BCUT2D eigenvalue weighted by atomic mass is 10.1. The molecule has 0 heterocycles. The minimum Gasteiger partial charge on any atom is -0.0836 e. The Morgan fingerprint density at radius 3 is 2.29 bits per heavy atom. The minimum atomic E-state index is 0.808. The summed E-state index contributed by atoms with van der Waals surface area (Å²) in [6, 6.07) is 16.3. The van der Waals surface area contributed by atoms with Crippen molar-refractivity contribution in [3.05, 3.63) is 57.1 Å². The van der Waals surface area contributed by atoms with Crippen LogP contribution >= 0.6 is 34.2 Å². The molecule has 0 amide bonds. The second-order valence-electron chi connectivity index (χ2n) is 2.99. The predicted molar refractivity (Wildman–Crippen MR) is 69.6 cm³/mol. The largest absolute Gasteiger partial charge is 0.0836 e. The van der Waals surface area contributed by atoms with Crippen molar-refractivity contribution in [2.24, 2.45) is 0 Å². The van der Waals surface area contributed by atoms with E-state index in [9.17, 15) is 0 Å². The third-order valence-corrected chi connectivity index (χ3v) is 3.00. The summed E-state index contributed by atoms with van der Waals surface area (Å²) in [4.78, 5) is 0. The number of rotatable bonds is 1. The van der Waals surface area contributed by atoms with Gasteiger partial charge >= 0.3 is 0 Å². The maximum absolute atomic E-state index is 6.16. The van der Waals surface area contributed by atoms with Crippen LogP contribution in [0, 0.1) is 3.57 Å². The Labute approximate surface area is 102 Å². The van der Waals surface area contributed by atoms with Crippen molar-refractivity contribution in [2.75, 3.05) is 0 Å². The molecule has 70 valence electrons. The molecule has 0 bridgehead atoms. The average molecular weight is 315 g/mol. The zero-order valence-corrected chi connectivity index (χ0v) is 10.3. The van der Waals surface area contributed by atoms with E-state index in [0.717, 1.165) is 19.7 Å². The van der Waals surface area contributed by atoms with Crippen LogP contribution in [0.1, 0.15) is 0 Å². The molecule has 0 aromatic heterocycles. The van der Waals surface area contributed by atoms with Gasteiger partial charge in [0.25, 0.3) is 0 Å². The first-order chi connectivity index (χ1) is 6.77. The molecule has 2 aromatic carbocycles. The summed E-state index contributed by atoms with van der Waals surface area (Å²) in [5, 5.41) is 0.808. The molecule has 0 radical (unpaired) electrons. The lowest BCUT2D eigenvalue weighted by Crippen LogP contribution is -1.79. The fraction of sp³-hybridized carbons (Fsp3) is 0. The number of hydrogen-bond acceptors (Lipinski definition) is 0. The molecular formula is C12H8ClI. The van der Waals surface area contributed by atoms with Crippen LogP contribution in [0.25, 0.3) is 11.1 Å². The highest BCUT2D eigenvalue weighted by Crippen LogP contribution is 2.28. The number of benzene rings is 2. The summed E-state index contributed by atoms with van der Waals surface area (Å²) in [5.41, 5.74) is 2.25. The van der Waals surface area contributed by atoms with Crippen LogP contribution in [-0.4, -0.2) is 0 Å². The Hall–Kier alpha value is -0.540. The fourth-order valence-electron chi connectivity index (χ4n) is 1.34. The van der Waals surface area contributed by atoms with E-state index >= 15 is 0 Å². The van der Waals surface area contributed by atoms with Crippen molar-refractivity contribution in [1.82, 2.24) is 0 Å². The van der Waals surface area contributed by atoms with Crippen LogP contribution in [0.4, 0.5) is 0 Å². The van der Waals surface area contributed by atoms with E-state index in [2.05, 4.69) is 46.9 Å². The summed E-state index contributed by atoms with van der Waals surface area (Å²) >= 11 is 8.42. The van der Waals surface area contributed by atoms with Gasteiger partial charge in [0.2, 0.25) is 0 Å². The van der Waals surface area contributed by atoms with Crippen LogP contribution in [0.3, 0.4) is 0 Å². The highest BCUT2D eigenvalue weighted by Gasteiger charge is 2.02. The van der Waals surface area contributed by atoms with Crippen LogP contribution in [0.2, 0.25) is 5.02 Å². The first-order valence-electron chi connectivity index (χ1n) is 4.28. The number of halogens is 2. The van der Waals surface area contributed by atoms with Gasteiger partial charge in [-0.05, 0) is 40.3 Å². The third kappa shape index (κ3) is 2.10. The van der Waals surface area contributed by atoms with Gasteiger partial charge in [0, 0.05) is 14.2 Å². The van der Waals surface area contributed by atoms with E-state index in [-0.39, 0.29) is 0 Å². The molecule has 0 fully saturated rings. The van der Waals surface area contributed by atoms with Crippen molar-refractivity contribution < 1.29 is 0 Å². The second-order valence-corrected chi connectivity index (χ2v) is 4.64. The smallest absolute Gasteiger partial charge is 0.0494 e. The van der Waals surface area contributed by atoms with Gasteiger partial charge < -0.3 is 0 Å². The SMILES string of the molecule is Clc1cc(I)ccc1-c1ccccc1. The molecule has 0 unspecified atom stereocenters. The molecule has 0 N–H and O–H groups in total. The molecule has 2 heteroatoms. The molecule has 14 heavy (non-hydrogen) atoms. The molecule has 0 aliphatic rings. The van der Waals surface area contributed by atoms with E-state index in [4.69, 9.17) is 11.6 Å². The molecule has 0 saturated heterocycles. The molecular weight excluding hydrogens is 306 g/mol. The Kier molecular flexibility index (Phi) is 3.08. The first-order valence-corrected chi connectivity index (χ1v) is 5.73. The maximum Gasteiger partial charge on any atom is 0.0494 e. The summed E-state index contributed by atoms with van der Waals surface area (Å²) in [7, 11) is 0. The van der Waals surface area contributed by atoms with Gasteiger partial charge in [-0.3, -0.25) is 0 Å². The van der Waals surface area contributed by atoms with Crippen LogP contribution < -0.4 is 0 Å². The van der Waals surface area contributed by atoms with Gasteiger partial charge in [-0.2, -0.15) is 0 Å². The summed E-state index contributed by atoms with van der Waals surface area (Å²) in [6.45, 7) is 0. The highest BCUT2D eigenvalue weighted by atomic mass is 127. The van der Waals surface area contributed by atoms with Crippen LogP contribution in [0.5, 0.6) is 0 Å². The second kappa shape index (κ2) is 4.32. The Balaban J connectivity index is 2.53. The molecule has 0 nitrogen and oxygen atoms in total. The van der Waals surface area contributed by atoms with E-state index in [1.807, 2.05) is 24.3 Å². The van der Waals surface area contributed by atoms with E-state index in [1.54, 1.807) is 0 Å². The Morgan fingerprint density at radius 2 is 1.64 bits per heavy atom. The summed E-state index contributed by atoms with van der Waals surface area (Å²) < 4.78 is 1.16. The van der Waals surface area contributed by atoms with Crippen molar-refractivity contribution in [3.63, 3.8) is 0 Å². The van der Waals surface area contributed by atoms with E-state index < -0.39 is 0 Å². The van der Waals surface area contributed by atoms with Gasteiger partial charge in [-0.25, -0.2) is 0 Å². The summed E-state index contributed by atoms with van der Waals surface area (Å²) in [5.74, 6) is 0. The van der Waals surface area contributed by atoms with E-state index in [1.165, 1.54) is 0 Å². The molecule has 0 aliphatic heterocycles. The van der Waals surface area contributed by atoms with Crippen LogP contribution in [-0.2, 0) is 0 Å². The number of hydrogen-bond donors (Lipinski definition) is 0. The zero-order chi connectivity index (χ0) is 9.97. The van der Waals surface area contributed by atoms with Gasteiger partial charge in [-0.1, -0.05) is 48.0 Å². The fourth-order valence-corrected chi connectivity index (χ4v) is 2.31. The average Bonchev–Trinajstić information content (AvgIpc) is 2.19. The molecule has 0 saturated carbocycles. The quantitative estimate of drug-likeness (QED) is 0.674. The van der Waals surface area contributed by atoms with Crippen molar-refractivity contribution in [1.29, 1.82) is 0 Å². The molecule has 0 spiro atoms.